The van der Waals surface area contributed by atoms with Crippen molar-refractivity contribution in [1.82, 2.24) is 14.7 Å². The van der Waals surface area contributed by atoms with Gasteiger partial charge in [0.1, 0.15) is 0 Å². The number of benzene rings is 1. The lowest BCUT2D eigenvalue weighted by atomic mass is 10.1. The van der Waals surface area contributed by atoms with Crippen LogP contribution in [-0.4, -0.2) is 27.1 Å². The van der Waals surface area contributed by atoms with E-state index in [4.69, 9.17) is 0 Å². The molecule has 2 N–H and O–H groups in total. The number of aromatic nitrogens is 2. The van der Waals surface area contributed by atoms with E-state index in [2.05, 4.69) is 26.8 Å². The van der Waals surface area contributed by atoms with Crippen LogP contribution in [0.3, 0.4) is 0 Å². The Balaban J connectivity index is 1.67. The first-order chi connectivity index (χ1) is 10.3. The molecule has 0 spiro atoms. The Kier molecular flexibility index (Phi) is 4.34. The summed E-state index contributed by atoms with van der Waals surface area (Å²) in [4.78, 5) is 5.56. The van der Waals surface area contributed by atoms with Crippen molar-refractivity contribution >= 4 is 16.3 Å². The molecular weight excluding hydrogens is 282 g/mol. The van der Waals surface area contributed by atoms with E-state index in [1.807, 2.05) is 36.7 Å². The van der Waals surface area contributed by atoms with Gasteiger partial charge in [0.05, 0.1) is 18.0 Å². The van der Waals surface area contributed by atoms with Crippen molar-refractivity contribution in [3.8, 4) is 0 Å². The predicted molar refractivity (Wildman–Crippen MR) is 85.7 cm³/mol. The van der Waals surface area contributed by atoms with Gasteiger partial charge in [0.2, 0.25) is 0 Å². The summed E-state index contributed by atoms with van der Waals surface area (Å²) >= 11 is 1.64. The molecule has 1 atom stereocenters. The Morgan fingerprint density at radius 3 is 2.90 bits per heavy atom. The first-order valence-corrected chi connectivity index (χ1v) is 7.95. The van der Waals surface area contributed by atoms with Crippen molar-refractivity contribution in [3.63, 3.8) is 0 Å². The fourth-order valence-electron chi connectivity index (χ4n) is 2.49. The van der Waals surface area contributed by atoms with E-state index < -0.39 is 0 Å². The van der Waals surface area contributed by atoms with Crippen LogP contribution < -0.4 is 5.32 Å². The maximum atomic E-state index is 9.58. The Morgan fingerprint density at radius 1 is 1.33 bits per heavy atom. The van der Waals surface area contributed by atoms with Gasteiger partial charge in [-0.1, -0.05) is 30.3 Å². The second-order valence-electron chi connectivity index (χ2n) is 5.15. The maximum Gasteiger partial charge on any atom is 0.194 e. The minimum Gasteiger partial charge on any atom is -0.395 e. The molecule has 0 saturated carbocycles. The summed E-state index contributed by atoms with van der Waals surface area (Å²) in [5, 5.41) is 15.1. The molecule has 2 heterocycles. The third kappa shape index (κ3) is 3.15. The molecule has 110 valence electrons. The van der Waals surface area contributed by atoms with E-state index in [-0.39, 0.29) is 12.6 Å². The van der Waals surface area contributed by atoms with Gasteiger partial charge in [-0.25, -0.2) is 4.98 Å². The standard InChI is InChI=1S/C16H19N3OS/c1-12-15(19-7-8-21-16(19)18-12)10-17-14(11-20)9-13-5-3-2-4-6-13/h2-8,14,17,20H,9-11H2,1H3/t14-/m1/s1. The van der Waals surface area contributed by atoms with Gasteiger partial charge in [0, 0.05) is 24.2 Å². The van der Waals surface area contributed by atoms with Crippen molar-refractivity contribution in [2.45, 2.75) is 25.9 Å². The number of aliphatic hydroxyl groups is 1. The Hall–Kier alpha value is -1.69. The molecule has 0 fully saturated rings. The Morgan fingerprint density at radius 2 is 2.14 bits per heavy atom. The zero-order chi connectivity index (χ0) is 14.7. The number of nitrogens with one attached hydrogen (secondary N) is 1. The number of thiazole rings is 1. The third-order valence-corrected chi connectivity index (χ3v) is 4.42. The second kappa shape index (κ2) is 6.39. The summed E-state index contributed by atoms with van der Waals surface area (Å²) in [6, 6.07) is 10.3. The van der Waals surface area contributed by atoms with Crippen LogP contribution in [0, 0.1) is 6.92 Å². The monoisotopic (exact) mass is 301 g/mol. The molecule has 3 rings (SSSR count). The number of aliphatic hydroxyl groups excluding tert-OH is 1. The molecule has 0 saturated heterocycles. The summed E-state index contributed by atoms with van der Waals surface area (Å²) in [5.41, 5.74) is 3.44. The van der Waals surface area contributed by atoms with Crippen molar-refractivity contribution in [3.05, 3.63) is 58.9 Å². The molecule has 0 unspecified atom stereocenters. The zero-order valence-electron chi connectivity index (χ0n) is 12.0. The first-order valence-electron chi connectivity index (χ1n) is 7.07. The number of rotatable bonds is 6. The molecule has 0 aliphatic carbocycles. The van der Waals surface area contributed by atoms with Crippen LogP contribution in [-0.2, 0) is 13.0 Å². The number of imidazole rings is 1. The van der Waals surface area contributed by atoms with Gasteiger partial charge in [-0.2, -0.15) is 0 Å². The highest BCUT2D eigenvalue weighted by Gasteiger charge is 2.12. The van der Waals surface area contributed by atoms with E-state index in [9.17, 15) is 5.11 Å². The molecule has 4 nitrogen and oxygen atoms in total. The van der Waals surface area contributed by atoms with E-state index in [0.29, 0.717) is 6.54 Å². The molecule has 0 aliphatic rings. The van der Waals surface area contributed by atoms with E-state index in [1.54, 1.807) is 11.3 Å². The molecule has 0 bridgehead atoms. The molecule has 3 aromatic rings. The van der Waals surface area contributed by atoms with Gasteiger partial charge < -0.3 is 10.4 Å². The highest BCUT2D eigenvalue weighted by molar-refractivity contribution is 7.15. The number of hydrogen-bond donors (Lipinski definition) is 2. The number of hydrogen-bond acceptors (Lipinski definition) is 4. The first kappa shape index (κ1) is 14.3. The second-order valence-corrected chi connectivity index (χ2v) is 6.02. The normalized spacial score (nSPS) is 12.9. The fourth-order valence-corrected chi connectivity index (χ4v) is 3.27. The van der Waals surface area contributed by atoms with Crippen LogP contribution in [0.2, 0.25) is 0 Å². The average Bonchev–Trinajstić information content (AvgIpc) is 3.05. The quantitative estimate of drug-likeness (QED) is 0.735. The van der Waals surface area contributed by atoms with Crippen LogP contribution in [0.5, 0.6) is 0 Å². The summed E-state index contributed by atoms with van der Waals surface area (Å²) in [5.74, 6) is 0. The highest BCUT2D eigenvalue weighted by Crippen LogP contribution is 2.16. The third-order valence-electron chi connectivity index (χ3n) is 3.66. The maximum absolute atomic E-state index is 9.58. The van der Waals surface area contributed by atoms with Crippen LogP contribution in [0.25, 0.3) is 4.96 Å². The lowest BCUT2D eigenvalue weighted by molar-refractivity contribution is 0.240. The topological polar surface area (TPSA) is 49.6 Å². The molecule has 0 radical (unpaired) electrons. The highest BCUT2D eigenvalue weighted by atomic mass is 32.1. The van der Waals surface area contributed by atoms with Gasteiger partial charge >= 0.3 is 0 Å². The smallest absolute Gasteiger partial charge is 0.194 e. The van der Waals surface area contributed by atoms with Crippen LogP contribution >= 0.6 is 11.3 Å². The largest absolute Gasteiger partial charge is 0.395 e. The molecule has 0 amide bonds. The Bertz CT molecular complexity index is 705. The zero-order valence-corrected chi connectivity index (χ0v) is 12.8. The molecule has 1 aromatic carbocycles. The molecular formula is C16H19N3OS. The van der Waals surface area contributed by atoms with Crippen LogP contribution in [0.15, 0.2) is 41.9 Å². The van der Waals surface area contributed by atoms with Crippen molar-refractivity contribution in [2.24, 2.45) is 0 Å². The van der Waals surface area contributed by atoms with Gasteiger partial charge in [-0.05, 0) is 18.9 Å². The van der Waals surface area contributed by atoms with Crippen molar-refractivity contribution < 1.29 is 5.11 Å². The van der Waals surface area contributed by atoms with Gasteiger partial charge in [0.15, 0.2) is 4.96 Å². The van der Waals surface area contributed by atoms with Gasteiger partial charge in [0.25, 0.3) is 0 Å². The van der Waals surface area contributed by atoms with E-state index in [1.165, 1.54) is 5.56 Å². The van der Waals surface area contributed by atoms with E-state index >= 15 is 0 Å². The molecule has 0 aliphatic heterocycles. The van der Waals surface area contributed by atoms with Crippen molar-refractivity contribution in [1.29, 1.82) is 0 Å². The van der Waals surface area contributed by atoms with Crippen LogP contribution in [0.4, 0.5) is 0 Å². The van der Waals surface area contributed by atoms with E-state index in [0.717, 1.165) is 22.8 Å². The summed E-state index contributed by atoms with van der Waals surface area (Å²) in [7, 11) is 0. The summed E-state index contributed by atoms with van der Waals surface area (Å²) in [6.45, 7) is 2.86. The van der Waals surface area contributed by atoms with Gasteiger partial charge in [-0.3, -0.25) is 4.40 Å². The predicted octanol–water partition coefficient (Wildman–Crippen LogP) is 2.40. The number of aryl methyl sites for hydroxylation is 1. The lowest BCUT2D eigenvalue weighted by Crippen LogP contribution is -2.34. The lowest BCUT2D eigenvalue weighted by Gasteiger charge is -2.16. The molecule has 5 heteroatoms. The van der Waals surface area contributed by atoms with Gasteiger partial charge in [-0.15, -0.1) is 11.3 Å². The minimum absolute atomic E-state index is 0.0518. The minimum atomic E-state index is 0.0518. The number of nitrogens with zero attached hydrogens (tertiary/aromatic N) is 2. The number of fused-ring (bicyclic) bond motifs is 1. The molecule has 2 aromatic heterocycles. The summed E-state index contributed by atoms with van der Waals surface area (Å²) in [6.07, 6.45) is 2.87. The summed E-state index contributed by atoms with van der Waals surface area (Å²) < 4.78 is 2.12. The Labute approximate surface area is 128 Å². The average molecular weight is 301 g/mol. The fraction of sp³-hybridized carbons (Fsp3) is 0.312. The van der Waals surface area contributed by atoms with Crippen LogP contribution in [0.1, 0.15) is 17.0 Å². The van der Waals surface area contributed by atoms with Crippen molar-refractivity contribution in [2.75, 3.05) is 6.61 Å². The molecule has 21 heavy (non-hydrogen) atoms. The SMILES string of the molecule is Cc1nc2sccn2c1CN[C@@H](CO)Cc1ccccc1.